The number of nitrogens with one attached hydrogen (secondary N) is 2. The van der Waals surface area contributed by atoms with Crippen LogP contribution in [0.4, 0.5) is 0 Å². The van der Waals surface area contributed by atoms with Gasteiger partial charge in [-0.1, -0.05) is 0 Å². The lowest BCUT2D eigenvalue weighted by molar-refractivity contribution is 0.543. The second-order valence-corrected chi connectivity index (χ2v) is 6.55. The Morgan fingerprint density at radius 1 is 1.29 bits per heavy atom. The van der Waals surface area contributed by atoms with Crippen molar-refractivity contribution in [2.45, 2.75) is 33.4 Å². The molecule has 3 aromatic heterocycles. The lowest BCUT2D eigenvalue weighted by Gasteiger charge is -2.11. The van der Waals surface area contributed by atoms with Gasteiger partial charge in [-0.25, -0.2) is 0 Å². The quantitative estimate of drug-likeness (QED) is 0.742. The molecule has 0 radical (unpaired) electrons. The van der Waals surface area contributed by atoms with Gasteiger partial charge >= 0.3 is 0 Å². The minimum absolute atomic E-state index is 0.324. The first-order valence-corrected chi connectivity index (χ1v) is 7.84. The molecule has 110 valence electrons. The van der Waals surface area contributed by atoms with E-state index in [4.69, 9.17) is 4.42 Å². The van der Waals surface area contributed by atoms with Crippen LogP contribution < -0.4 is 5.32 Å². The van der Waals surface area contributed by atoms with E-state index in [0.717, 1.165) is 29.3 Å². The molecule has 0 saturated carbocycles. The first-order chi connectivity index (χ1) is 10.1. The van der Waals surface area contributed by atoms with E-state index in [9.17, 15) is 0 Å². The number of nitrogens with zero attached hydrogens (tertiary/aromatic N) is 1. The molecule has 0 bridgehead atoms. The number of aryl methyl sites for hydroxylation is 2. The van der Waals surface area contributed by atoms with Gasteiger partial charge in [-0.3, -0.25) is 5.10 Å². The number of hydrogen-bond acceptors (Lipinski definition) is 4. The van der Waals surface area contributed by atoms with Crippen LogP contribution in [-0.4, -0.2) is 10.2 Å². The van der Waals surface area contributed by atoms with Crippen LogP contribution in [0.1, 0.15) is 34.0 Å². The minimum atomic E-state index is 0.324. The highest BCUT2D eigenvalue weighted by Crippen LogP contribution is 2.25. The van der Waals surface area contributed by atoms with Crippen molar-refractivity contribution in [2.75, 3.05) is 0 Å². The molecule has 3 rings (SSSR count). The molecule has 21 heavy (non-hydrogen) atoms. The Bertz CT molecular complexity index is 725. The van der Waals surface area contributed by atoms with E-state index in [1.165, 1.54) is 9.75 Å². The fraction of sp³-hybridized carbons (Fsp3) is 0.312. The number of aromatic nitrogens is 2. The van der Waals surface area contributed by atoms with Crippen molar-refractivity contribution < 1.29 is 4.42 Å². The number of thiophene rings is 1. The van der Waals surface area contributed by atoms with Gasteiger partial charge in [-0.2, -0.15) is 5.10 Å². The lowest BCUT2D eigenvalue weighted by atomic mass is 10.2. The normalized spacial score (nSPS) is 12.7. The highest BCUT2D eigenvalue weighted by Gasteiger charge is 2.13. The Balaban J connectivity index is 1.70. The van der Waals surface area contributed by atoms with Crippen molar-refractivity contribution in [1.82, 2.24) is 15.5 Å². The predicted molar refractivity (Wildman–Crippen MR) is 85.3 cm³/mol. The number of furan rings is 1. The van der Waals surface area contributed by atoms with E-state index in [1.54, 1.807) is 0 Å². The third-order valence-corrected chi connectivity index (χ3v) is 4.67. The molecule has 3 aromatic rings. The molecule has 0 spiro atoms. The Morgan fingerprint density at radius 3 is 2.81 bits per heavy atom. The zero-order valence-electron chi connectivity index (χ0n) is 12.4. The largest absolute Gasteiger partial charge is 0.460 e. The summed E-state index contributed by atoms with van der Waals surface area (Å²) in [4.78, 5) is 2.69. The standard InChI is InChI=1S/C16H19N3OS/c1-10-4-6-14(20-10)16-13(9-18-19-16)8-17-12(3)15-7-5-11(2)21-15/h4-7,9,12,17H,8H2,1-3H3,(H,18,19). The molecule has 0 aromatic carbocycles. The second kappa shape index (κ2) is 5.87. The maximum Gasteiger partial charge on any atom is 0.152 e. The summed E-state index contributed by atoms with van der Waals surface area (Å²) >= 11 is 1.83. The second-order valence-electron chi connectivity index (χ2n) is 5.23. The Hall–Kier alpha value is -1.85. The summed E-state index contributed by atoms with van der Waals surface area (Å²) in [5, 5.41) is 10.7. The number of hydrogen-bond donors (Lipinski definition) is 2. The number of rotatable bonds is 5. The molecule has 0 aliphatic heterocycles. The molecular formula is C16H19N3OS. The van der Waals surface area contributed by atoms with Crippen molar-refractivity contribution in [2.24, 2.45) is 0 Å². The van der Waals surface area contributed by atoms with E-state index in [2.05, 4.69) is 41.5 Å². The highest BCUT2D eigenvalue weighted by atomic mass is 32.1. The van der Waals surface area contributed by atoms with Crippen LogP contribution in [-0.2, 0) is 6.54 Å². The van der Waals surface area contributed by atoms with Gasteiger partial charge in [0, 0.05) is 27.9 Å². The van der Waals surface area contributed by atoms with Crippen LogP contribution in [0, 0.1) is 13.8 Å². The fourth-order valence-corrected chi connectivity index (χ4v) is 3.18. The van der Waals surface area contributed by atoms with E-state index in [1.807, 2.05) is 36.6 Å². The monoisotopic (exact) mass is 301 g/mol. The van der Waals surface area contributed by atoms with Crippen LogP contribution >= 0.6 is 11.3 Å². The summed E-state index contributed by atoms with van der Waals surface area (Å²) in [6.07, 6.45) is 1.85. The molecule has 0 fully saturated rings. The highest BCUT2D eigenvalue weighted by molar-refractivity contribution is 7.12. The van der Waals surface area contributed by atoms with E-state index in [0.29, 0.717) is 6.04 Å². The molecule has 1 unspecified atom stereocenters. The molecule has 4 nitrogen and oxygen atoms in total. The SMILES string of the molecule is Cc1ccc(-c2[nH]ncc2CNC(C)c2ccc(C)s2)o1. The van der Waals surface area contributed by atoms with Crippen LogP contribution in [0.2, 0.25) is 0 Å². The Kier molecular flexibility index (Phi) is 3.94. The van der Waals surface area contributed by atoms with E-state index in [-0.39, 0.29) is 0 Å². The van der Waals surface area contributed by atoms with Gasteiger partial charge in [0.15, 0.2) is 5.76 Å². The number of H-pyrrole nitrogens is 1. The molecule has 0 aliphatic carbocycles. The summed E-state index contributed by atoms with van der Waals surface area (Å²) < 4.78 is 5.67. The van der Waals surface area contributed by atoms with Gasteiger partial charge in [0.2, 0.25) is 0 Å². The fourth-order valence-electron chi connectivity index (χ4n) is 2.28. The van der Waals surface area contributed by atoms with Crippen LogP contribution in [0.15, 0.2) is 34.9 Å². The Morgan fingerprint density at radius 2 is 2.14 bits per heavy atom. The average molecular weight is 301 g/mol. The lowest BCUT2D eigenvalue weighted by Crippen LogP contribution is -2.17. The van der Waals surface area contributed by atoms with Crippen LogP contribution in [0.25, 0.3) is 11.5 Å². The summed E-state index contributed by atoms with van der Waals surface area (Å²) in [6, 6.07) is 8.60. The van der Waals surface area contributed by atoms with Crippen LogP contribution in [0.5, 0.6) is 0 Å². The Labute approximate surface area is 128 Å². The van der Waals surface area contributed by atoms with Crippen molar-refractivity contribution in [1.29, 1.82) is 0 Å². The third-order valence-electron chi connectivity index (χ3n) is 3.49. The van der Waals surface area contributed by atoms with Gasteiger partial charge in [0.05, 0.1) is 6.20 Å². The summed E-state index contributed by atoms with van der Waals surface area (Å²) in [7, 11) is 0. The van der Waals surface area contributed by atoms with E-state index < -0.39 is 0 Å². The molecular weight excluding hydrogens is 282 g/mol. The zero-order chi connectivity index (χ0) is 14.8. The molecule has 0 saturated heterocycles. The maximum absolute atomic E-state index is 5.67. The van der Waals surface area contributed by atoms with Gasteiger partial charge < -0.3 is 9.73 Å². The van der Waals surface area contributed by atoms with Crippen LogP contribution in [0.3, 0.4) is 0 Å². The van der Waals surface area contributed by atoms with E-state index >= 15 is 0 Å². The van der Waals surface area contributed by atoms with Crippen molar-refractivity contribution in [3.63, 3.8) is 0 Å². The van der Waals surface area contributed by atoms with Crippen molar-refractivity contribution >= 4 is 11.3 Å². The molecule has 0 amide bonds. The minimum Gasteiger partial charge on any atom is -0.460 e. The smallest absolute Gasteiger partial charge is 0.152 e. The van der Waals surface area contributed by atoms with Gasteiger partial charge in [0.1, 0.15) is 11.5 Å². The number of aromatic amines is 1. The van der Waals surface area contributed by atoms with Gasteiger partial charge in [-0.05, 0) is 45.0 Å². The molecule has 2 N–H and O–H groups in total. The summed E-state index contributed by atoms with van der Waals surface area (Å²) in [5.41, 5.74) is 2.06. The summed E-state index contributed by atoms with van der Waals surface area (Å²) in [5.74, 6) is 1.74. The van der Waals surface area contributed by atoms with Crippen molar-refractivity contribution in [3.8, 4) is 11.5 Å². The topological polar surface area (TPSA) is 53.9 Å². The molecule has 0 aliphatic rings. The third kappa shape index (κ3) is 3.09. The zero-order valence-corrected chi connectivity index (χ0v) is 13.3. The van der Waals surface area contributed by atoms with Gasteiger partial charge in [0.25, 0.3) is 0 Å². The van der Waals surface area contributed by atoms with Gasteiger partial charge in [-0.15, -0.1) is 11.3 Å². The average Bonchev–Trinajstić information content (AvgIpc) is 3.16. The first kappa shape index (κ1) is 14.1. The predicted octanol–water partition coefficient (Wildman–Crippen LogP) is 4.20. The molecule has 1 atom stereocenters. The first-order valence-electron chi connectivity index (χ1n) is 7.02. The molecule has 3 heterocycles. The van der Waals surface area contributed by atoms with Crippen molar-refractivity contribution in [3.05, 3.63) is 51.5 Å². The summed E-state index contributed by atoms with van der Waals surface area (Å²) in [6.45, 7) is 7.01. The maximum atomic E-state index is 5.67. The molecule has 5 heteroatoms.